The highest BCUT2D eigenvalue weighted by molar-refractivity contribution is 7.14. The van der Waals surface area contributed by atoms with Crippen LogP contribution in [0.5, 0.6) is 0 Å². The third-order valence-corrected chi connectivity index (χ3v) is 6.42. The molecule has 2 N–H and O–H groups in total. The molecule has 7 heteroatoms. The largest absolute Gasteiger partial charge is 0.363 e. The summed E-state index contributed by atoms with van der Waals surface area (Å²) in [6, 6.07) is 4.83. The van der Waals surface area contributed by atoms with Gasteiger partial charge in [-0.2, -0.15) is 0 Å². The summed E-state index contributed by atoms with van der Waals surface area (Å²) in [5.41, 5.74) is 1.18. The highest BCUT2D eigenvalue weighted by Crippen LogP contribution is 2.24. The van der Waals surface area contributed by atoms with Gasteiger partial charge in [0.05, 0.1) is 15.7 Å². The number of hydrogen-bond acceptors (Lipinski definition) is 5. The predicted molar refractivity (Wildman–Crippen MR) is 109 cm³/mol. The van der Waals surface area contributed by atoms with E-state index in [9.17, 15) is 0 Å². The fourth-order valence-electron chi connectivity index (χ4n) is 3.02. The number of rotatable bonds is 6. The minimum Gasteiger partial charge on any atom is -0.363 e. The van der Waals surface area contributed by atoms with Gasteiger partial charge in [0.1, 0.15) is 0 Å². The number of hydrogen-bond donors (Lipinski definition) is 2. The smallest absolute Gasteiger partial charge is 0.191 e. The number of guanidine groups is 1. The molecule has 25 heavy (non-hydrogen) atoms. The molecule has 0 amide bonds. The lowest BCUT2D eigenvalue weighted by molar-refractivity contribution is 0.463. The second-order valence-corrected chi connectivity index (χ2v) is 8.06. The molecule has 0 aromatic carbocycles. The second kappa shape index (κ2) is 9.20. The molecule has 0 unspecified atom stereocenters. The van der Waals surface area contributed by atoms with Crippen LogP contribution in [0.15, 0.2) is 27.9 Å². The van der Waals surface area contributed by atoms with Crippen LogP contribution in [0.2, 0.25) is 0 Å². The Kier molecular flexibility index (Phi) is 6.69. The van der Waals surface area contributed by atoms with Gasteiger partial charge in [-0.3, -0.25) is 4.99 Å². The number of nitrogens with one attached hydrogen (secondary N) is 2. The standard InChI is InChI=1S/C18H27N5S2/c1-3-16-21-15(13-25-16)6-9-20-18(19-2)22-14-7-10-23(11-8-14)17-5-4-12-24-17/h4-5,12-14H,3,6-11H2,1-2H3,(H2,19,20,22). The molecule has 2 aromatic rings. The first-order valence-electron chi connectivity index (χ1n) is 8.97. The Morgan fingerprint density at radius 3 is 2.84 bits per heavy atom. The molecular weight excluding hydrogens is 350 g/mol. The summed E-state index contributed by atoms with van der Waals surface area (Å²) >= 11 is 3.58. The van der Waals surface area contributed by atoms with Crippen LogP contribution >= 0.6 is 22.7 Å². The van der Waals surface area contributed by atoms with Crippen molar-refractivity contribution in [2.45, 2.75) is 38.6 Å². The molecule has 1 saturated heterocycles. The van der Waals surface area contributed by atoms with Gasteiger partial charge in [-0.05, 0) is 36.8 Å². The van der Waals surface area contributed by atoms with Gasteiger partial charge < -0.3 is 15.5 Å². The highest BCUT2D eigenvalue weighted by atomic mass is 32.1. The summed E-state index contributed by atoms with van der Waals surface area (Å²) < 4.78 is 0. The molecule has 0 radical (unpaired) electrons. The van der Waals surface area contributed by atoms with Crippen LogP contribution < -0.4 is 15.5 Å². The maximum atomic E-state index is 4.61. The van der Waals surface area contributed by atoms with E-state index < -0.39 is 0 Å². The number of aryl methyl sites for hydroxylation is 1. The van der Waals surface area contributed by atoms with Crippen LogP contribution in [0, 0.1) is 0 Å². The molecule has 0 bridgehead atoms. The molecule has 1 fully saturated rings. The van der Waals surface area contributed by atoms with Gasteiger partial charge in [-0.1, -0.05) is 6.92 Å². The Hall–Kier alpha value is -1.60. The Morgan fingerprint density at radius 2 is 2.20 bits per heavy atom. The van der Waals surface area contributed by atoms with E-state index in [1.807, 2.05) is 18.4 Å². The monoisotopic (exact) mass is 377 g/mol. The molecule has 0 saturated carbocycles. The van der Waals surface area contributed by atoms with E-state index in [-0.39, 0.29) is 0 Å². The van der Waals surface area contributed by atoms with E-state index in [1.54, 1.807) is 11.3 Å². The van der Waals surface area contributed by atoms with E-state index in [1.165, 1.54) is 15.7 Å². The van der Waals surface area contributed by atoms with E-state index in [0.29, 0.717) is 6.04 Å². The van der Waals surface area contributed by atoms with Crippen molar-refractivity contribution >= 4 is 33.6 Å². The van der Waals surface area contributed by atoms with Crippen molar-refractivity contribution in [3.05, 3.63) is 33.6 Å². The number of thiophene rings is 1. The third kappa shape index (κ3) is 5.19. The van der Waals surface area contributed by atoms with Gasteiger partial charge in [0.2, 0.25) is 0 Å². The molecule has 136 valence electrons. The van der Waals surface area contributed by atoms with Gasteiger partial charge in [-0.15, -0.1) is 22.7 Å². The van der Waals surface area contributed by atoms with Gasteiger partial charge in [-0.25, -0.2) is 4.98 Å². The lowest BCUT2D eigenvalue weighted by Gasteiger charge is -2.33. The Bertz CT molecular complexity index is 657. The first-order chi connectivity index (χ1) is 12.3. The van der Waals surface area contributed by atoms with Crippen molar-refractivity contribution in [3.63, 3.8) is 0 Å². The van der Waals surface area contributed by atoms with Crippen LogP contribution in [0.25, 0.3) is 0 Å². The normalized spacial score (nSPS) is 16.2. The van der Waals surface area contributed by atoms with Crippen LogP contribution in [-0.2, 0) is 12.8 Å². The Balaban J connectivity index is 1.39. The first kappa shape index (κ1) is 18.2. The summed E-state index contributed by atoms with van der Waals surface area (Å²) in [6.07, 6.45) is 4.24. The number of aliphatic imine (C=N–C) groups is 1. The fourth-order valence-corrected chi connectivity index (χ4v) is 4.58. The zero-order chi connectivity index (χ0) is 17.5. The summed E-state index contributed by atoms with van der Waals surface area (Å²) in [6.45, 7) is 5.22. The van der Waals surface area contributed by atoms with Crippen LogP contribution in [0.3, 0.4) is 0 Å². The van der Waals surface area contributed by atoms with E-state index >= 15 is 0 Å². The van der Waals surface area contributed by atoms with Gasteiger partial charge in [0.15, 0.2) is 5.96 Å². The number of nitrogens with zero attached hydrogens (tertiary/aromatic N) is 3. The zero-order valence-corrected chi connectivity index (χ0v) is 16.6. The maximum absolute atomic E-state index is 4.61. The van der Waals surface area contributed by atoms with Crippen molar-refractivity contribution in [1.29, 1.82) is 0 Å². The Labute approximate surface area is 158 Å². The molecule has 1 aliphatic heterocycles. The molecule has 2 aromatic heterocycles. The van der Waals surface area contributed by atoms with E-state index in [2.05, 4.69) is 55.3 Å². The molecule has 3 heterocycles. The maximum Gasteiger partial charge on any atom is 0.191 e. The SMILES string of the molecule is CCc1nc(CCNC(=NC)NC2CCN(c3cccs3)CC2)cs1. The minimum absolute atomic E-state index is 0.494. The van der Waals surface area contributed by atoms with E-state index in [4.69, 9.17) is 0 Å². The molecule has 3 rings (SSSR count). The fraction of sp³-hybridized carbons (Fsp3) is 0.556. The zero-order valence-electron chi connectivity index (χ0n) is 15.0. The topological polar surface area (TPSA) is 52.6 Å². The minimum atomic E-state index is 0.494. The van der Waals surface area contributed by atoms with Crippen molar-refractivity contribution in [1.82, 2.24) is 15.6 Å². The lowest BCUT2D eigenvalue weighted by atomic mass is 10.1. The van der Waals surface area contributed by atoms with Crippen LogP contribution in [0.1, 0.15) is 30.5 Å². The Morgan fingerprint density at radius 1 is 1.36 bits per heavy atom. The molecule has 1 aliphatic rings. The van der Waals surface area contributed by atoms with E-state index in [0.717, 1.165) is 51.3 Å². The summed E-state index contributed by atoms with van der Waals surface area (Å²) in [5.74, 6) is 0.903. The first-order valence-corrected chi connectivity index (χ1v) is 10.7. The summed E-state index contributed by atoms with van der Waals surface area (Å²) in [4.78, 5) is 11.5. The number of thiazole rings is 1. The lowest BCUT2D eigenvalue weighted by Crippen LogP contribution is -2.49. The number of piperidine rings is 1. The van der Waals surface area contributed by atoms with Crippen LogP contribution in [0.4, 0.5) is 5.00 Å². The molecule has 0 aliphatic carbocycles. The quantitative estimate of drug-likeness (QED) is 0.600. The average molecular weight is 378 g/mol. The molecule has 0 spiro atoms. The van der Waals surface area contributed by atoms with Crippen molar-refractivity contribution in [3.8, 4) is 0 Å². The molecule has 0 atom stereocenters. The second-order valence-electron chi connectivity index (χ2n) is 6.19. The van der Waals surface area contributed by atoms with Crippen molar-refractivity contribution in [2.75, 3.05) is 31.6 Å². The highest BCUT2D eigenvalue weighted by Gasteiger charge is 2.20. The summed E-state index contributed by atoms with van der Waals surface area (Å²) in [7, 11) is 1.84. The van der Waals surface area contributed by atoms with Gasteiger partial charge >= 0.3 is 0 Å². The average Bonchev–Trinajstić information content (AvgIpc) is 3.33. The van der Waals surface area contributed by atoms with Crippen molar-refractivity contribution < 1.29 is 0 Å². The summed E-state index contributed by atoms with van der Waals surface area (Å²) in [5, 5.41) is 13.9. The third-order valence-electron chi connectivity index (χ3n) is 4.45. The van der Waals surface area contributed by atoms with Crippen LogP contribution in [-0.4, -0.2) is 43.7 Å². The van der Waals surface area contributed by atoms with Gasteiger partial charge in [0, 0.05) is 44.5 Å². The van der Waals surface area contributed by atoms with Crippen molar-refractivity contribution in [2.24, 2.45) is 4.99 Å². The number of aromatic nitrogens is 1. The molecule has 5 nitrogen and oxygen atoms in total. The van der Waals surface area contributed by atoms with Gasteiger partial charge in [0.25, 0.3) is 0 Å². The molecular formula is C18H27N5S2. The number of anilines is 1. The predicted octanol–water partition coefficient (Wildman–Crippen LogP) is 3.14.